The van der Waals surface area contributed by atoms with Crippen molar-refractivity contribution in [1.29, 1.82) is 0 Å². The first kappa shape index (κ1) is 18.5. The molecule has 0 spiro atoms. The second kappa shape index (κ2) is 7.50. The molecule has 0 fully saturated rings. The summed E-state index contributed by atoms with van der Waals surface area (Å²) in [6.07, 6.45) is 0. The van der Waals surface area contributed by atoms with Gasteiger partial charge in [-0.05, 0) is 48.9 Å². The molecule has 0 atom stereocenters. The zero-order valence-electron chi connectivity index (χ0n) is 14.1. The molecule has 0 bridgehead atoms. The molecule has 0 aliphatic rings. The minimum absolute atomic E-state index is 0.0868. The van der Waals surface area contributed by atoms with Crippen LogP contribution in [-0.2, 0) is 11.3 Å². The van der Waals surface area contributed by atoms with Crippen molar-refractivity contribution in [1.82, 2.24) is 4.57 Å². The zero-order chi connectivity index (χ0) is 19.6. The van der Waals surface area contributed by atoms with Crippen molar-refractivity contribution < 1.29 is 14.1 Å². The number of hydrogen-bond acceptors (Lipinski definition) is 5. The number of carbonyl (C=O) groups is 1. The van der Waals surface area contributed by atoms with Gasteiger partial charge in [-0.1, -0.05) is 11.3 Å². The second-order valence-corrected chi connectivity index (χ2v) is 6.88. The van der Waals surface area contributed by atoms with Crippen LogP contribution in [-0.4, -0.2) is 15.4 Å². The van der Waals surface area contributed by atoms with E-state index in [9.17, 15) is 24.1 Å². The maximum Gasteiger partial charge on any atom is 0.308 e. The van der Waals surface area contributed by atoms with Crippen LogP contribution in [0.3, 0.4) is 0 Å². The van der Waals surface area contributed by atoms with Gasteiger partial charge in [0.1, 0.15) is 12.4 Å². The number of carbonyl (C=O) groups excluding carboxylic acids is 1. The first-order chi connectivity index (χ1) is 12.8. The summed E-state index contributed by atoms with van der Waals surface area (Å²) >= 11 is 1.01. The Kier molecular flexibility index (Phi) is 5.13. The van der Waals surface area contributed by atoms with Crippen molar-refractivity contribution in [3.8, 4) is 11.3 Å². The fraction of sp³-hybridized carbons (Fsp3) is 0.111. The fourth-order valence-electron chi connectivity index (χ4n) is 2.64. The van der Waals surface area contributed by atoms with Crippen LogP contribution in [0.4, 0.5) is 15.8 Å². The predicted molar refractivity (Wildman–Crippen MR) is 100 cm³/mol. The van der Waals surface area contributed by atoms with E-state index in [-0.39, 0.29) is 17.1 Å². The highest BCUT2D eigenvalue weighted by molar-refractivity contribution is 7.09. The number of rotatable bonds is 5. The molecule has 27 heavy (non-hydrogen) atoms. The second-order valence-electron chi connectivity index (χ2n) is 5.72. The lowest BCUT2D eigenvalue weighted by Gasteiger charge is -2.10. The average molecular weight is 387 g/mol. The van der Waals surface area contributed by atoms with Gasteiger partial charge in [0, 0.05) is 22.7 Å². The third-order valence-corrected chi connectivity index (χ3v) is 4.74. The van der Waals surface area contributed by atoms with Crippen LogP contribution >= 0.6 is 11.3 Å². The minimum atomic E-state index is -0.533. The van der Waals surface area contributed by atoms with E-state index in [1.807, 2.05) is 0 Å². The molecule has 1 amide bonds. The molecule has 3 aromatic rings. The number of anilines is 1. The minimum Gasteiger partial charge on any atom is -0.325 e. The number of nitrogens with zero attached hydrogens (tertiary/aromatic N) is 2. The van der Waals surface area contributed by atoms with E-state index in [1.54, 1.807) is 19.1 Å². The standard InChI is InChI=1S/C18H14FN3O4S/c1-11-17(12-2-4-13(19)5-3-12)21(18(24)27-11)10-16(23)20-14-6-8-15(9-7-14)22(25)26/h2-9H,10H2,1H3,(H,20,23). The highest BCUT2D eigenvalue weighted by atomic mass is 32.1. The van der Waals surface area contributed by atoms with Gasteiger partial charge in [0.25, 0.3) is 5.69 Å². The lowest BCUT2D eigenvalue weighted by atomic mass is 10.1. The van der Waals surface area contributed by atoms with Gasteiger partial charge in [-0.3, -0.25) is 24.3 Å². The summed E-state index contributed by atoms with van der Waals surface area (Å²) in [5.41, 5.74) is 1.49. The van der Waals surface area contributed by atoms with Crippen molar-refractivity contribution >= 4 is 28.6 Å². The van der Waals surface area contributed by atoms with Crippen LogP contribution in [0.1, 0.15) is 4.88 Å². The Balaban J connectivity index is 1.83. The van der Waals surface area contributed by atoms with Crippen LogP contribution in [0, 0.1) is 22.9 Å². The summed E-state index contributed by atoms with van der Waals surface area (Å²) < 4.78 is 14.5. The van der Waals surface area contributed by atoms with E-state index in [2.05, 4.69) is 5.32 Å². The predicted octanol–water partition coefficient (Wildman–Crippen LogP) is 3.57. The molecular formula is C18H14FN3O4S. The average Bonchev–Trinajstić information content (AvgIpc) is 2.89. The highest BCUT2D eigenvalue weighted by Gasteiger charge is 2.17. The number of aryl methyl sites for hydroxylation is 1. The van der Waals surface area contributed by atoms with E-state index in [0.29, 0.717) is 16.9 Å². The van der Waals surface area contributed by atoms with Gasteiger partial charge in [0.2, 0.25) is 5.91 Å². The number of nitro groups is 1. The van der Waals surface area contributed by atoms with Gasteiger partial charge in [-0.25, -0.2) is 4.39 Å². The molecule has 0 unspecified atom stereocenters. The van der Waals surface area contributed by atoms with Gasteiger partial charge in [0.05, 0.1) is 10.6 Å². The summed E-state index contributed by atoms with van der Waals surface area (Å²) in [6.45, 7) is 1.53. The monoisotopic (exact) mass is 387 g/mol. The number of hydrogen-bond donors (Lipinski definition) is 1. The maximum atomic E-state index is 13.2. The Morgan fingerprint density at radius 2 is 1.81 bits per heavy atom. The summed E-state index contributed by atoms with van der Waals surface area (Å²) in [5.74, 6) is -0.844. The molecule has 138 valence electrons. The molecular weight excluding hydrogens is 373 g/mol. The molecule has 0 radical (unpaired) electrons. The van der Waals surface area contributed by atoms with Gasteiger partial charge >= 0.3 is 4.87 Å². The topological polar surface area (TPSA) is 94.2 Å². The normalized spacial score (nSPS) is 10.6. The van der Waals surface area contributed by atoms with Gasteiger partial charge in [-0.2, -0.15) is 0 Å². The summed E-state index contributed by atoms with van der Waals surface area (Å²) in [5, 5.41) is 13.3. The lowest BCUT2D eigenvalue weighted by Crippen LogP contribution is -2.25. The largest absolute Gasteiger partial charge is 0.325 e. The Hall–Kier alpha value is -3.33. The number of amides is 1. The molecule has 2 aromatic carbocycles. The number of thiazole rings is 1. The molecule has 9 heteroatoms. The van der Waals surface area contributed by atoms with Crippen LogP contribution in [0.15, 0.2) is 53.3 Å². The molecule has 7 nitrogen and oxygen atoms in total. The molecule has 0 aliphatic heterocycles. The zero-order valence-corrected chi connectivity index (χ0v) is 15.0. The van der Waals surface area contributed by atoms with Crippen LogP contribution in [0.25, 0.3) is 11.3 Å². The molecule has 0 saturated heterocycles. The fourth-order valence-corrected chi connectivity index (χ4v) is 3.49. The maximum absolute atomic E-state index is 13.2. The smallest absolute Gasteiger partial charge is 0.308 e. The number of nitro benzene ring substituents is 1. The molecule has 0 aliphatic carbocycles. The Labute approximate surface area is 156 Å². The van der Waals surface area contributed by atoms with Crippen LogP contribution in [0.5, 0.6) is 0 Å². The highest BCUT2D eigenvalue weighted by Crippen LogP contribution is 2.25. The van der Waals surface area contributed by atoms with Gasteiger partial charge in [0.15, 0.2) is 0 Å². The Morgan fingerprint density at radius 1 is 1.19 bits per heavy atom. The Bertz CT molecular complexity index is 1060. The summed E-state index contributed by atoms with van der Waals surface area (Å²) in [4.78, 5) is 35.2. The first-order valence-corrected chi connectivity index (χ1v) is 8.67. The number of aromatic nitrogens is 1. The summed E-state index contributed by atoms with van der Waals surface area (Å²) in [6, 6.07) is 11.1. The van der Waals surface area contributed by atoms with E-state index in [0.717, 1.165) is 16.2 Å². The molecule has 3 rings (SSSR count). The van der Waals surface area contributed by atoms with Gasteiger partial charge < -0.3 is 5.32 Å². The molecule has 1 N–H and O–H groups in total. The Morgan fingerprint density at radius 3 is 2.41 bits per heavy atom. The third kappa shape index (κ3) is 4.09. The number of nitrogens with one attached hydrogen (secondary N) is 1. The first-order valence-electron chi connectivity index (χ1n) is 7.85. The summed E-state index contributed by atoms with van der Waals surface area (Å²) in [7, 11) is 0. The number of benzene rings is 2. The van der Waals surface area contributed by atoms with E-state index in [1.165, 1.54) is 41.0 Å². The molecule has 1 heterocycles. The van der Waals surface area contributed by atoms with Crippen molar-refractivity contribution in [2.24, 2.45) is 0 Å². The van der Waals surface area contributed by atoms with Crippen LogP contribution in [0.2, 0.25) is 0 Å². The van der Waals surface area contributed by atoms with Gasteiger partial charge in [-0.15, -0.1) is 0 Å². The number of halogens is 1. The van der Waals surface area contributed by atoms with Crippen molar-refractivity contribution in [2.45, 2.75) is 13.5 Å². The third-order valence-electron chi connectivity index (χ3n) is 3.85. The SMILES string of the molecule is Cc1sc(=O)n(CC(=O)Nc2ccc([N+](=O)[O-])cc2)c1-c1ccc(F)cc1. The quantitative estimate of drug-likeness (QED) is 0.535. The van der Waals surface area contributed by atoms with Crippen molar-refractivity contribution in [3.05, 3.63) is 79.0 Å². The lowest BCUT2D eigenvalue weighted by molar-refractivity contribution is -0.384. The molecule has 1 aromatic heterocycles. The number of non-ortho nitro benzene ring substituents is 1. The van der Waals surface area contributed by atoms with Crippen molar-refractivity contribution in [2.75, 3.05) is 5.32 Å². The van der Waals surface area contributed by atoms with E-state index in [4.69, 9.17) is 0 Å². The van der Waals surface area contributed by atoms with Crippen LogP contribution < -0.4 is 10.2 Å². The van der Waals surface area contributed by atoms with E-state index < -0.39 is 16.6 Å². The van der Waals surface area contributed by atoms with Crippen molar-refractivity contribution in [3.63, 3.8) is 0 Å². The molecule has 0 saturated carbocycles. The van der Waals surface area contributed by atoms with E-state index >= 15 is 0 Å².